The number of methoxy groups -OCH3 is 1. The highest BCUT2D eigenvalue weighted by atomic mass is 32.1. The minimum atomic E-state index is -0.954. The van der Waals surface area contributed by atoms with Gasteiger partial charge in [0, 0.05) is 12.3 Å². The molecule has 0 bridgehead atoms. The van der Waals surface area contributed by atoms with Gasteiger partial charge in [0.05, 0.1) is 26.9 Å². The van der Waals surface area contributed by atoms with E-state index < -0.39 is 42.5 Å². The summed E-state index contributed by atoms with van der Waals surface area (Å²) in [7, 11) is 1.30. The molecule has 0 aliphatic carbocycles. The van der Waals surface area contributed by atoms with E-state index in [1.807, 2.05) is 91.0 Å². The van der Waals surface area contributed by atoms with Gasteiger partial charge in [-0.15, -0.1) is 0 Å². The smallest absolute Gasteiger partial charge is 0.364 e. The van der Waals surface area contributed by atoms with Crippen LogP contribution in [0.5, 0.6) is 0 Å². The Hall–Kier alpha value is -4.45. The van der Waals surface area contributed by atoms with Gasteiger partial charge in [-0.05, 0) is 34.9 Å². The number of rotatable bonds is 16. The minimum Gasteiger partial charge on any atom is -0.466 e. The van der Waals surface area contributed by atoms with Crippen molar-refractivity contribution < 1.29 is 38.1 Å². The fourth-order valence-electron chi connectivity index (χ4n) is 4.75. The molecule has 10 heteroatoms. The molecule has 0 amide bonds. The molecule has 5 rings (SSSR count). The Bertz CT molecular complexity index is 1630. The minimum absolute atomic E-state index is 0.203. The molecule has 0 saturated carbocycles. The number of aromatic nitrogens is 1. The van der Waals surface area contributed by atoms with Gasteiger partial charge in [-0.1, -0.05) is 109 Å². The van der Waals surface area contributed by atoms with E-state index in [4.69, 9.17) is 40.7 Å². The third-order valence-corrected chi connectivity index (χ3v) is 7.50. The highest BCUT2D eigenvalue weighted by molar-refractivity contribution is 7.71. The molecule has 9 nitrogen and oxygen atoms in total. The Kier molecular flexibility index (Phi) is 12.0. The second-order valence-electron chi connectivity index (χ2n) is 10.5. The molecule has 0 unspecified atom stereocenters. The Labute approximate surface area is 272 Å². The summed E-state index contributed by atoms with van der Waals surface area (Å²) in [5, 5.41) is 0. The van der Waals surface area contributed by atoms with Crippen molar-refractivity contribution in [2.75, 3.05) is 7.11 Å². The molecule has 0 spiro atoms. The number of carbonyl (C=O) groups excluding carboxylic acids is 2. The molecular weight excluding hydrogens is 606 g/mol. The van der Waals surface area contributed by atoms with Crippen LogP contribution in [0.15, 0.2) is 128 Å². The van der Waals surface area contributed by atoms with Crippen molar-refractivity contribution in [1.29, 1.82) is 0 Å². The monoisotopic (exact) mass is 641 g/mol. The first-order valence-corrected chi connectivity index (χ1v) is 15.2. The van der Waals surface area contributed by atoms with Gasteiger partial charge in [-0.3, -0.25) is 0 Å². The fourth-order valence-corrected chi connectivity index (χ4v) is 4.93. The average molecular weight is 642 g/mol. The van der Waals surface area contributed by atoms with Crippen LogP contribution in [0, 0.1) is 4.64 Å². The predicted molar refractivity (Wildman–Crippen MR) is 172 cm³/mol. The van der Waals surface area contributed by atoms with Crippen LogP contribution in [0.1, 0.15) is 16.7 Å². The molecule has 1 aliphatic rings. The summed E-state index contributed by atoms with van der Waals surface area (Å²) in [6.07, 6.45) is 0.254. The Morgan fingerprint density at radius 3 is 1.89 bits per heavy atom. The van der Waals surface area contributed by atoms with Crippen molar-refractivity contribution in [2.45, 2.75) is 50.3 Å². The summed E-state index contributed by atoms with van der Waals surface area (Å²) in [5.41, 5.74) is 2.75. The third-order valence-electron chi connectivity index (χ3n) is 7.19. The van der Waals surface area contributed by atoms with Gasteiger partial charge in [0.25, 0.3) is 0 Å². The van der Waals surface area contributed by atoms with Crippen LogP contribution in [0.2, 0.25) is 0 Å². The molecule has 0 N–H and O–H groups in total. The molecular formula is C36H35NO8S. The van der Waals surface area contributed by atoms with E-state index in [2.05, 4.69) is 0 Å². The maximum atomic E-state index is 13.2. The van der Waals surface area contributed by atoms with E-state index in [1.165, 1.54) is 17.9 Å². The van der Waals surface area contributed by atoms with Crippen LogP contribution in [0.25, 0.3) is 0 Å². The largest absolute Gasteiger partial charge is 0.466 e. The van der Waals surface area contributed by atoms with E-state index in [-0.39, 0.29) is 19.8 Å². The molecule has 46 heavy (non-hydrogen) atoms. The summed E-state index contributed by atoms with van der Waals surface area (Å²) >= 11 is 5.28. The van der Waals surface area contributed by atoms with E-state index in [0.29, 0.717) is 4.64 Å². The van der Waals surface area contributed by atoms with Crippen LogP contribution in [-0.2, 0) is 53.1 Å². The van der Waals surface area contributed by atoms with Gasteiger partial charge in [-0.25, -0.2) is 9.59 Å². The van der Waals surface area contributed by atoms with E-state index in [0.717, 1.165) is 16.7 Å². The van der Waals surface area contributed by atoms with Crippen LogP contribution >= 0.6 is 12.2 Å². The number of pyridine rings is 1. The molecule has 1 saturated heterocycles. The number of epoxide rings is 1. The van der Waals surface area contributed by atoms with Crippen molar-refractivity contribution >= 4 is 24.2 Å². The first kappa shape index (κ1) is 32.9. The van der Waals surface area contributed by atoms with Gasteiger partial charge in [0.15, 0.2) is 6.10 Å². The SMILES string of the molecule is COC(=O)/C=C/[C@@H](OCc1ccccc1)[C@H](OCc1ccccc1)[C@@H](OCc1ccccc1)[C@@H]1O[C@@H]1C(=O)On1ccccc1=S. The van der Waals surface area contributed by atoms with Crippen molar-refractivity contribution in [3.8, 4) is 0 Å². The van der Waals surface area contributed by atoms with Gasteiger partial charge in [0.1, 0.15) is 29.1 Å². The lowest BCUT2D eigenvalue weighted by Crippen LogP contribution is -2.46. The Morgan fingerprint density at radius 2 is 1.33 bits per heavy atom. The lowest BCUT2D eigenvalue weighted by atomic mass is 10.0. The van der Waals surface area contributed by atoms with Crippen LogP contribution in [-0.4, -0.2) is 54.3 Å². The lowest BCUT2D eigenvalue weighted by molar-refractivity contribution is -0.148. The fraction of sp³-hybridized carbons (Fsp3) is 0.250. The van der Waals surface area contributed by atoms with Crippen LogP contribution in [0.4, 0.5) is 0 Å². The number of hydrogen-bond donors (Lipinski definition) is 0. The Balaban J connectivity index is 1.46. The van der Waals surface area contributed by atoms with E-state index in [9.17, 15) is 9.59 Å². The van der Waals surface area contributed by atoms with Crippen molar-refractivity contribution in [2.24, 2.45) is 0 Å². The predicted octanol–water partition coefficient (Wildman–Crippen LogP) is 5.43. The molecule has 1 aliphatic heterocycles. The highest BCUT2D eigenvalue weighted by Crippen LogP contribution is 2.34. The molecule has 3 aromatic carbocycles. The number of nitrogens with zero attached hydrogens (tertiary/aromatic N) is 1. The van der Waals surface area contributed by atoms with Crippen molar-refractivity contribution in [3.05, 3.63) is 149 Å². The zero-order chi connectivity index (χ0) is 32.1. The first-order valence-electron chi connectivity index (χ1n) is 14.8. The highest BCUT2D eigenvalue weighted by Gasteiger charge is 2.56. The maximum absolute atomic E-state index is 13.2. The molecule has 0 radical (unpaired) electrons. The number of esters is 1. The van der Waals surface area contributed by atoms with Gasteiger partial charge in [0.2, 0.25) is 0 Å². The van der Waals surface area contributed by atoms with Crippen molar-refractivity contribution in [3.63, 3.8) is 0 Å². The number of carbonyl (C=O) groups is 2. The van der Waals surface area contributed by atoms with E-state index >= 15 is 0 Å². The molecule has 4 aromatic rings. The quantitative estimate of drug-likeness (QED) is 0.0687. The van der Waals surface area contributed by atoms with Crippen LogP contribution < -0.4 is 4.84 Å². The third kappa shape index (κ3) is 9.53. The summed E-state index contributed by atoms with van der Waals surface area (Å²) in [5.74, 6) is -1.19. The van der Waals surface area contributed by atoms with Gasteiger partial charge >= 0.3 is 11.9 Å². The zero-order valence-corrected chi connectivity index (χ0v) is 26.1. The summed E-state index contributed by atoms with van der Waals surface area (Å²) < 4.78 is 31.8. The molecule has 238 valence electrons. The standard InChI is InChI=1S/C36H35NO8S/c1-40-31(38)21-20-29(41-23-26-13-5-2-6-14-26)32(42-24-27-15-7-3-8-16-27)33(43-25-28-17-9-4-10-18-28)34-35(44-34)36(39)45-37-22-12-11-19-30(37)46/h2-22,29,32-35H,23-25H2,1H3/b21-20+/t29-,32+,33-,34+,35+/m1/s1. The van der Waals surface area contributed by atoms with Gasteiger partial charge in [-0.2, -0.15) is 4.73 Å². The molecule has 5 atom stereocenters. The second kappa shape index (κ2) is 16.7. The lowest BCUT2D eigenvalue weighted by Gasteiger charge is -2.32. The topological polar surface area (TPSA) is 97.8 Å². The van der Waals surface area contributed by atoms with Crippen LogP contribution in [0.3, 0.4) is 0 Å². The number of hydrogen-bond acceptors (Lipinski definition) is 9. The first-order chi connectivity index (χ1) is 22.5. The number of benzene rings is 3. The van der Waals surface area contributed by atoms with Crippen molar-refractivity contribution in [1.82, 2.24) is 4.73 Å². The maximum Gasteiger partial charge on any atom is 0.364 e. The second-order valence-corrected chi connectivity index (χ2v) is 10.9. The summed E-state index contributed by atoms with van der Waals surface area (Å²) in [4.78, 5) is 31.0. The molecule has 1 aromatic heterocycles. The number of ether oxygens (including phenoxy) is 5. The van der Waals surface area contributed by atoms with Gasteiger partial charge < -0.3 is 28.5 Å². The normalized spacial score (nSPS) is 17.6. The summed E-state index contributed by atoms with van der Waals surface area (Å²) in [6, 6.07) is 34.0. The zero-order valence-electron chi connectivity index (χ0n) is 25.3. The molecule has 2 heterocycles. The molecule has 1 fully saturated rings. The van der Waals surface area contributed by atoms with E-state index in [1.54, 1.807) is 30.5 Å². The average Bonchev–Trinajstić information content (AvgIpc) is 3.90. The Morgan fingerprint density at radius 1 is 0.783 bits per heavy atom. The summed E-state index contributed by atoms with van der Waals surface area (Å²) in [6.45, 7) is 0.625.